The first kappa shape index (κ1) is 23.4. The Morgan fingerprint density at radius 1 is 1.27 bits per heavy atom. The maximum atomic E-state index is 13.6. The monoisotopic (exact) mass is 432 g/mol. The molecule has 0 bridgehead atoms. The third-order valence-corrected chi connectivity index (χ3v) is 5.67. The van der Waals surface area contributed by atoms with Crippen molar-refractivity contribution in [2.24, 2.45) is 10.8 Å². The van der Waals surface area contributed by atoms with E-state index in [-0.39, 0.29) is 5.82 Å². The van der Waals surface area contributed by atoms with E-state index in [1.54, 1.807) is 26.2 Å². The molecule has 1 atom stereocenters. The van der Waals surface area contributed by atoms with Gasteiger partial charge in [-0.2, -0.15) is 10.1 Å². The van der Waals surface area contributed by atoms with Gasteiger partial charge >= 0.3 is 6.09 Å². The Labute approximate surface area is 179 Å². The van der Waals surface area contributed by atoms with Crippen molar-refractivity contribution in [3.05, 3.63) is 71.5 Å². The van der Waals surface area contributed by atoms with Crippen molar-refractivity contribution in [1.82, 2.24) is 9.91 Å². The molecular formula is C21H25FN4O3S. The van der Waals surface area contributed by atoms with Crippen molar-refractivity contribution in [1.29, 1.82) is 0 Å². The van der Waals surface area contributed by atoms with Gasteiger partial charge in [-0.05, 0) is 37.1 Å². The summed E-state index contributed by atoms with van der Waals surface area (Å²) in [4.78, 5) is 21.9. The van der Waals surface area contributed by atoms with E-state index in [1.165, 1.54) is 28.8 Å². The van der Waals surface area contributed by atoms with Crippen molar-refractivity contribution in [3.63, 3.8) is 0 Å². The molecule has 2 aromatic carbocycles. The molecule has 3 N–H and O–H groups in total. The smallest absolute Gasteiger partial charge is 0.429 e. The summed E-state index contributed by atoms with van der Waals surface area (Å²) in [5, 5.41) is 15.6. The molecule has 0 fully saturated rings. The molecular weight excluding hydrogens is 407 g/mol. The summed E-state index contributed by atoms with van der Waals surface area (Å²) >= 11 is 1.32. The van der Waals surface area contributed by atoms with Crippen LogP contribution in [-0.4, -0.2) is 53.2 Å². The van der Waals surface area contributed by atoms with Gasteiger partial charge in [0.05, 0.1) is 0 Å². The molecule has 1 unspecified atom stereocenters. The number of carbonyl (C=O) groups excluding carboxylic acids is 1. The number of hydrazone groups is 1. The number of hydrogen-bond acceptors (Lipinski definition) is 5. The molecule has 0 spiro atoms. The number of halogens is 1. The van der Waals surface area contributed by atoms with Gasteiger partial charge in [-0.15, -0.1) is 0 Å². The second-order valence-electron chi connectivity index (χ2n) is 6.72. The zero-order chi connectivity index (χ0) is 22.1. The third-order valence-electron chi connectivity index (χ3n) is 4.21. The second kappa shape index (κ2) is 10.7. The fourth-order valence-electron chi connectivity index (χ4n) is 2.85. The van der Waals surface area contributed by atoms with E-state index in [1.807, 2.05) is 30.3 Å². The second-order valence-corrected chi connectivity index (χ2v) is 7.99. The minimum atomic E-state index is -1.15. The normalized spacial score (nSPS) is 17.6. The minimum absolute atomic E-state index is 0.387. The topological polar surface area (TPSA) is 99.2 Å². The number of hydrogen-bond donors (Lipinski definition) is 2. The van der Waals surface area contributed by atoms with E-state index in [4.69, 9.17) is 5.73 Å². The van der Waals surface area contributed by atoms with Gasteiger partial charge in [0.2, 0.25) is 6.41 Å². The van der Waals surface area contributed by atoms with Gasteiger partial charge in [0.15, 0.2) is 0 Å². The van der Waals surface area contributed by atoms with E-state index in [9.17, 15) is 19.1 Å². The first-order valence-electron chi connectivity index (χ1n) is 9.28. The third kappa shape index (κ3) is 5.58. The summed E-state index contributed by atoms with van der Waals surface area (Å²) in [7, 11) is 3.38. The van der Waals surface area contributed by atoms with E-state index >= 15 is 0 Å². The lowest BCUT2D eigenvalue weighted by Crippen LogP contribution is -2.41. The fraction of sp³-hybridized carbons (Fsp3) is 0.286. The Balaban J connectivity index is 0.000000575. The average Bonchev–Trinajstić information content (AvgIpc) is 3.14. The molecule has 1 heterocycles. The van der Waals surface area contributed by atoms with Crippen molar-refractivity contribution >= 4 is 29.3 Å². The molecule has 0 aliphatic carbocycles. The molecule has 3 rings (SSSR count). The molecule has 0 radical (unpaired) electrons. The van der Waals surface area contributed by atoms with Crippen LogP contribution in [-0.2, 0) is 9.67 Å². The summed E-state index contributed by atoms with van der Waals surface area (Å²) in [6, 6.07) is 15.4. The molecule has 30 heavy (non-hydrogen) atoms. The van der Waals surface area contributed by atoms with Crippen LogP contribution in [0.4, 0.5) is 9.18 Å². The van der Waals surface area contributed by atoms with E-state index in [0.29, 0.717) is 30.0 Å². The zero-order valence-corrected chi connectivity index (χ0v) is 17.7. The van der Waals surface area contributed by atoms with Gasteiger partial charge in [-0.1, -0.05) is 54.2 Å². The maximum Gasteiger partial charge on any atom is 0.429 e. The molecule has 7 nitrogen and oxygen atoms in total. The predicted octanol–water partition coefficient (Wildman–Crippen LogP) is 3.51. The van der Waals surface area contributed by atoms with Crippen LogP contribution in [0.3, 0.4) is 0 Å². The SMILES string of the molecule is CN(C)C=O.NCCCC1(c2ccccc2)SC(c2cccc(F)c2)=NN1C(=O)O. The van der Waals surface area contributed by atoms with E-state index < -0.39 is 11.0 Å². The molecule has 0 saturated carbocycles. The number of nitrogens with two attached hydrogens (primary N) is 1. The highest BCUT2D eigenvalue weighted by Gasteiger charge is 2.48. The molecule has 9 heteroatoms. The average molecular weight is 433 g/mol. The molecule has 0 aromatic heterocycles. The number of nitrogens with zero attached hydrogens (tertiary/aromatic N) is 3. The van der Waals surface area contributed by atoms with E-state index in [0.717, 1.165) is 17.0 Å². The Kier molecular flexibility index (Phi) is 8.37. The molecule has 160 valence electrons. The number of carbonyl (C=O) groups is 2. The lowest BCUT2D eigenvalue weighted by Gasteiger charge is -2.34. The van der Waals surface area contributed by atoms with Gasteiger partial charge in [0.25, 0.3) is 0 Å². The zero-order valence-electron chi connectivity index (χ0n) is 16.9. The van der Waals surface area contributed by atoms with Crippen molar-refractivity contribution in [2.45, 2.75) is 17.7 Å². The molecule has 2 aromatic rings. The van der Waals surface area contributed by atoms with Gasteiger partial charge in [0, 0.05) is 19.7 Å². The predicted molar refractivity (Wildman–Crippen MR) is 117 cm³/mol. The minimum Gasteiger partial charge on any atom is -0.464 e. The highest BCUT2D eigenvalue weighted by molar-refractivity contribution is 8.15. The van der Waals surface area contributed by atoms with Crippen LogP contribution in [0.15, 0.2) is 59.7 Å². The highest BCUT2D eigenvalue weighted by atomic mass is 32.2. The molecule has 1 aliphatic heterocycles. The number of amides is 2. The maximum absolute atomic E-state index is 13.6. The van der Waals surface area contributed by atoms with Crippen LogP contribution < -0.4 is 5.73 Å². The standard InChI is InChI=1S/C18H18FN3O2S.C3H7NO/c19-15-9-4-6-13(12-15)16-21-22(17(23)24)18(25-16,10-5-11-20)14-7-2-1-3-8-14;1-4(2)3-5/h1-4,6-9,12H,5,10-11,20H2,(H,23,24);3H,1-2H3. The fourth-order valence-corrected chi connectivity index (χ4v) is 4.25. The molecule has 2 amide bonds. The van der Waals surface area contributed by atoms with Gasteiger partial charge < -0.3 is 15.7 Å². The number of thioether (sulfide) groups is 1. The number of carboxylic acid groups (broad SMARTS) is 1. The van der Waals surface area contributed by atoms with Crippen LogP contribution in [0.25, 0.3) is 0 Å². The first-order chi connectivity index (χ1) is 14.3. The summed E-state index contributed by atoms with van der Waals surface area (Å²) < 4.78 is 13.6. The lowest BCUT2D eigenvalue weighted by molar-refractivity contribution is -0.115. The van der Waals surface area contributed by atoms with Gasteiger partial charge in [0.1, 0.15) is 15.7 Å². The summed E-state index contributed by atoms with van der Waals surface area (Å²) in [5.74, 6) is -0.387. The Bertz CT molecular complexity index is 895. The van der Waals surface area contributed by atoms with Crippen molar-refractivity contribution < 1.29 is 19.1 Å². The van der Waals surface area contributed by atoms with Crippen LogP contribution in [0, 0.1) is 5.82 Å². The van der Waals surface area contributed by atoms with Crippen molar-refractivity contribution in [2.75, 3.05) is 20.6 Å². The quantitative estimate of drug-likeness (QED) is 0.681. The summed E-state index contributed by atoms with van der Waals surface area (Å²) in [6.07, 6.45) is 0.740. The van der Waals surface area contributed by atoms with Crippen molar-refractivity contribution in [3.8, 4) is 0 Å². The Morgan fingerprint density at radius 2 is 1.93 bits per heavy atom. The van der Waals surface area contributed by atoms with Crippen LogP contribution in [0.2, 0.25) is 0 Å². The molecule has 0 saturated heterocycles. The van der Waals surface area contributed by atoms with Crippen LogP contribution in [0.1, 0.15) is 24.0 Å². The largest absolute Gasteiger partial charge is 0.464 e. The lowest BCUT2D eigenvalue weighted by atomic mass is 10.0. The Hall–Kier alpha value is -2.91. The summed E-state index contributed by atoms with van der Waals surface area (Å²) in [6.45, 7) is 0.442. The van der Waals surface area contributed by atoms with Gasteiger partial charge in [-0.3, -0.25) is 4.79 Å². The number of rotatable bonds is 6. The Morgan fingerprint density at radius 3 is 2.47 bits per heavy atom. The van der Waals surface area contributed by atoms with Crippen LogP contribution >= 0.6 is 11.8 Å². The van der Waals surface area contributed by atoms with E-state index in [2.05, 4.69) is 5.10 Å². The molecule has 1 aliphatic rings. The van der Waals surface area contributed by atoms with Gasteiger partial charge in [-0.25, -0.2) is 9.18 Å². The number of benzene rings is 2. The highest BCUT2D eigenvalue weighted by Crippen LogP contribution is 2.50. The summed E-state index contributed by atoms with van der Waals surface area (Å²) in [5.41, 5.74) is 7.05. The first-order valence-corrected chi connectivity index (χ1v) is 10.1. The van der Waals surface area contributed by atoms with Crippen LogP contribution in [0.5, 0.6) is 0 Å².